The van der Waals surface area contributed by atoms with Crippen molar-refractivity contribution in [2.75, 3.05) is 0 Å². The minimum atomic E-state index is -4.10. The molecule has 9 rings (SSSR count). The van der Waals surface area contributed by atoms with Gasteiger partial charge in [-0.3, -0.25) is 0 Å². The average molecular weight is 649 g/mol. The van der Waals surface area contributed by atoms with Gasteiger partial charge in [0.2, 0.25) is 0 Å². The van der Waals surface area contributed by atoms with Crippen molar-refractivity contribution >= 4 is 52.7 Å². The van der Waals surface area contributed by atoms with Crippen molar-refractivity contribution in [3.8, 4) is 51.3 Å². The summed E-state index contributed by atoms with van der Waals surface area (Å²) in [4.78, 5) is 36.2. The maximum absolute atomic E-state index is 12.1. The number of H-pyrrole nitrogens is 2. The van der Waals surface area contributed by atoms with Gasteiger partial charge in [0.1, 0.15) is 0 Å². The van der Waals surface area contributed by atoms with Crippen LogP contribution >= 0.6 is 0 Å². The molecule has 0 aliphatic carbocycles. The first-order valence-electron chi connectivity index (χ1n) is 13.8. The zero-order valence-electron chi connectivity index (χ0n) is 22.8. The summed E-state index contributed by atoms with van der Waals surface area (Å²) >= 11 is 3.14. The van der Waals surface area contributed by atoms with E-state index in [1.807, 2.05) is 72.8 Å². The summed E-state index contributed by atoms with van der Waals surface area (Å²) in [5, 5.41) is 2.74. The molecule has 11 nitrogen and oxygen atoms in total. The van der Waals surface area contributed by atoms with Gasteiger partial charge < -0.3 is 0 Å². The summed E-state index contributed by atoms with van der Waals surface area (Å²) in [6.07, 6.45) is 0. The molecule has 5 heterocycles. The molecule has 3 aromatic heterocycles. The van der Waals surface area contributed by atoms with Gasteiger partial charge in [-0.05, 0) is 0 Å². The predicted octanol–water partition coefficient (Wildman–Crippen LogP) is 6.04. The molecular weight excluding hydrogens is 632 g/mol. The number of nitrogens with zero attached hydrogens (tertiary/aromatic N) is 6. The Balaban J connectivity index is 1.50. The number of aromatic amines is 2. The molecule has 45 heavy (non-hydrogen) atoms. The van der Waals surface area contributed by atoms with E-state index in [9.17, 15) is 8.42 Å². The van der Waals surface area contributed by atoms with Crippen LogP contribution in [0.4, 0.5) is 0 Å². The molecule has 0 unspecified atom stereocenters. The molecule has 7 aromatic rings. The minimum absolute atomic E-state index is 0.0544. The van der Waals surface area contributed by atoms with E-state index in [2.05, 4.69) is 24.9 Å². The fourth-order valence-corrected chi connectivity index (χ4v) is 6.48. The van der Waals surface area contributed by atoms with Gasteiger partial charge in [0.25, 0.3) is 0 Å². The first kappa shape index (κ1) is 26.0. The van der Waals surface area contributed by atoms with Crippen LogP contribution < -0.4 is 4.18 Å². The van der Waals surface area contributed by atoms with Crippen LogP contribution in [-0.4, -0.2) is 48.3 Å². The van der Waals surface area contributed by atoms with Crippen molar-refractivity contribution in [2.45, 2.75) is 0 Å². The zero-order valence-corrected chi connectivity index (χ0v) is 24.8. The number of aromatic nitrogens is 8. The SMILES string of the molecule is O=[S](=O)([Fe])Oc1cccc2c3nc4nc(nc5[nH]c(nc6nc(nc([nH]3)c12)-c1ccccc1-6)c1ccccc51)-c1ccccc1-4. The average Bonchev–Trinajstić information content (AvgIpc) is 3.76. The Hall–Kier alpha value is -5.49. The molecule has 13 heteroatoms. The standard InChI is InChI=1S/C32H17N8O3S.Fe/c41-44(42)43-23-15-7-14-22-24(23)32-39-30-21-13-6-5-12-20(21)28(37-30)35-26-17-9-2-1-8-16(17)25(33-26)34-27-18-10-3-4-11-19(18)29(36-27)38-31(22)40-32;/h1-15H,(H2,33,34,35,36,37,38,39,40);. The second kappa shape index (κ2) is 9.50. The topological polar surface area (TPSA) is 152 Å². The molecular formula is C32H17FeN8O3S. The molecule has 0 spiro atoms. The van der Waals surface area contributed by atoms with Gasteiger partial charge in [0, 0.05) is 5.39 Å². The molecule has 0 saturated carbocycles. The second-order valence-electron chi connectivity index (χ2n) is 10.4. The van der Waals surface area contributed by atoms with E-state index in [-0.39, 0.29) is 5.75 Å². The summed E-state index contributed by atoms with van der Waals surface area (Å²) in [6.45, 7) is 0. The maximum atomic E-state index is 12.1. The zero-order chi connectivity index (χ0) is 30.3. The predicted molar refractivity (Wildman–Crippen MR) is 166 cm³/mol. The van der Waals surface area contributed by atoms with E-state index in [0.717, 1.165) is 33.0 Å². The van der Waals surface area contributed by atoms with Crippen LogP contribution in [0.5, 0.6) is 5.75 Å². The van der Waals surface area contributed by atoms with Crippen LogP contribution in [0.3, 0.4) is 0 Å². The summed E-state index contributed by atoms with van der Waals surface area (Å²) in [5.74, 6) is 1.83. The Labute approximate surface area is 261 Å². The van der Waals surface area contributed by atoms with E-state index < -0.39 is 8.54 Å². The van der Waals surface area contributed by atoms with Crippen LogP contribution in [0.2, 0.25) is 0 Å². The van der Waals surface area contributed by atoms with E-state index in [1.54, 1.807) is 18.2 Å². The quantitative estimate of drug-likeness (QED) is 0.214. The Morgan fingerprint density at radius 3 is 1.38 bits per heavy atom. The van der Waals surface area contributed by atoms with Crippen LogP contribution in [0.1, 0.15) is 0 Å². The third kappa shape index (κ3) is 4.20. The van der Waals surface area contributed by atoms with Gasteiger partial charge >= 0.3 is 233 Å². The van der Waals surface area contributed by atoms with Crippen LogP contribution in [-0.2, 0) is 23.4 Å². The summed E-state index contributed by atoms with van der Waals surface area (Å²) < 4.78 is 29.6. The van der Waals surface area contributed by atoms with Gasteiger partial charge in [-0.15, -0.1) is 0 Å². The van der Waals surface area contributed by atoms with E-state index >= 15 is 0 Å². The van der Waals surface area contributed by atoms with Crippen molar-refractivity contribution in [3.63, 3.8) is 0 Å². The third-order valence-corrected chi connectivity index (χ3v) is 8.38. The van der Waals surface area contributed by atoms with E-state index in [0.29, 0.717) is 56.7 Å². The first-order chi connectivity index (χ1) is 21.9. The van der Waals surface area contributed by atoms with Gasteiger partial charge in [0.15, 0.2) is 0 Å². The van der Waals surface area contributed by atoms with Crippen LogP contribution in [0.15, 0.2) is 91.0 Å². The summed E-state index contributed by atoms with van der Waals surface area (Å²) in [6, 6.07) is 28.3. The molecule has 0 fully saturated rings. The third-order valence-electron chi connectivity index (χ3n) is 7.73. The molecule has 0 amide bonds. The number of nitrogens with one attached hydrogen (secondary N) is 2. The van der Waals surface area contributed by atoms with Crippen molar-refractivity contribution in [1.29, 1.82) is 0 Å². The number of rotatable bonds is 2. The Morgan fingerprint density at radius 1 is 0.489 bits per heavy atom. The van der Waals surface area contributed by atoms with Gasteiger partial charge in [-0.25, -0.2) is 0 Å². The van der Waals surface area contributed by atoms with E-state index in [4.69, 9.17) is 34.1 Å². The fraction of sp³-hybridized carbons (Fsp3) is 0. The normalized spacial score (nSPS) is 12.3. The molecule has 2 aliphatic heterocycles. The van der Waals surface area contributed by atoms with Crippen molar-refractivity contribution in [3.05, 3.63) is 91.0 Å². The molecule has 2 aliphatic rings. The molecule has 217 valence electrons. The number of benzene rings is 4. The van der Waals surface area contributed by atoms with Crippen molar-refractivity contribution in [1.82, 2.24) is 39.9 Å². The number of fused-ring (bicyclic) bond motifs is 20. The second-order valence-corrected chi connectivity index (χ2v) is 13.0. The molecule has 0 saturated heterocycles. The molecule has 0 radical (unpaired) electrons. The van der Waals surface area contributed by atoms with Gasteiger partial charge in [-0.1, -0.05) is 24.3 Å². The van der Waals surface area contributed by atoms with Crippen LogP contribution in [0, 0.1) is 0 Å². The van der Waals surface area contributed by atoms with Crippen LogP contribution in [0.25, 0.3) is 89.7 Å². The Kier molecular flexibility index (Phi) is 5.48. The summed E-state index contributed by atoms with van der Waals surface area (Å²) in [5.41, 5.74) is 5.08. The number of hydrogen-bond acceptors (Lipinski definition) is 9. The number of hydrogen-bond donors (Lipinski definition) is 2. The van der Waals surface area contributed by atoms with Crippen molar-refractivity contribution < 1.29 is 27.5 Å². The van der Waals surface area contributed by atoms with E-state index in [1.165, 1.54) is 0 Å². The molecule has 0 atom stereocenters. The molecule has 8 bridgehead atoms. The summed E-state index contributed by atoms with van der Waals surface area (Å²) in [7, 11) is -4.10. The Morgan fingerprint density at radius 2 is 0.889 bits per heavy atom. The molecule has 2 N–H and O–H groups in total. The van der Waals surface area contributed by atoms with Crippen molar-refractivity contribution in [2.24, 2.45) is 0 Å². The monoisotopic (exact) mass is 649 g/mol. The van der Waals surface area contributed by atoms with Gasteiger partial charge in [-0.2, -0.15) is 0 Å². The Bertz CT molecular complexity index is 2680. The fourth-order valence-electron chi connectivity index (χ4n) is 5.83. The first-order valence-corrected chi connectivity index (χ1v) is 16.4. The van der Waals surface area contributed by atoms with Gasteiger partial charge in [0.05, 0.1) is 0 Å². The molecule has 4 aromatic carbocycles.